The molecule has 1 spiro atoms. The fourth-order valence-electron chi connectivity index (χ4n) is 4.67. The molecule has 2 aromatic rings. The van der Waals surface area contributed by atoms with Gasteiger partial charge in [-0.2, -0.15) is 17.5 Å². The molecule has 0 radical (unpaired) electrons. The Bertz CT molecular complexity index is 1180. The molecule has 6 nitrogen and oxygen atoms in total. The number of nitrogens with zero attached hydrogens (tertiary/aromatic N) is 2. The third-order valence-corrected chi connectivity index (χ3v) is 8.62. The van der Waals surface area contributed by atoms with E-state index in [1.807, 2.05) is 26.0 Å². The van der Waals surface area contributed by atoms with Gasteiger partial charge in [-0.05, 0) is 56.0 Å². The number of aryl methyl sites for hydroxylation is 2. The van der Waals surface area contributed by atoms with E-state index in [1.54, 1.807) is 6.07 Å². The number of piperidine rings is 1. The lowest BCUT2D eigenvalue weighted by Crippen LogP contribution is -2.64. The summed E-state index contributed by atoms with van der Waals surface area (Å²) in [7, 11) is -3.60. The van der Waals surface area contributed by atoms with E-state index in [2.05, 4.69) is 15.6 Å². The molecule has 11 heteroatoms. The number of hydrogen-bond acceptors (Lipinski definition) is 5. The second kappa shape index (κ2) is 10.5. The van der Waals surface area contributed by atoms with Gasteiger partial charge in [-0.25, -0.2) is 8.42 Å². The van der Waals surface area contributed by atoms with Crippen LogP contribution in [0.1, 0.15) is 35.1 Å². The number of nitrogens with one attached hydrogen (secondary N) is 2. The summed E-state index contributed by atoms with van der Waals surface area (Å²) in [6.45, 7) is 6.06. The van der Waals surface area contributed by atoms with Gasteiger partial charge in [0.15, 0.2) is 0 Å². The first-order valence-corrected chi connectivity index (χ1v) is 12.7. The zero-order valence-corrected chi connectivity index (χ0v) is 21.3. The minimum atomic E-state index is -4.36. The lowest BCUT2D eigenvalue weighted by Gasteiger charge is -2.44. The van der Waals surface area contributed by atoms with Crippen LogP contribution in [0.4, 0.5) is 13.2 Å². The maximum Gasteiger partial charge on any atom is 0.416 e. The van der Waals surface area contributed by atoms with Gasteiger partial charge >= 0.3 is 6.18 Å². The minimum Gasteiger partial charge on any atom is -0.368 e. The maximum absolute atomic E-state index is 13.3. The second-order valence-electron chi connectivity index (χ2n) is 8.96. The van der Waals surface area contributed by atoms with Gasteiger partial charge in [-0.3, -0.25) is 4.99 Å². The lowest BCUT2D eigenvalue weighted by atomic mass is 9.85. The van der Waals surface area contributed by atoms with E-state index in [1.165, 1.54) is 16.4 Å². The van der Waals surface area contributed by atoms with Crippen LogP contribution in [0.25, 0.3) is 0 Å². The molecule has 0 amide bonds. The Labute approximate surface area is 210 Å². The summed E-state index contributed by atoms with van der Waals surface area (Å²) in [5.74, 6) is 0.738. The molecule has 0 aromatic heterocycles. The zero-order chi connectivity index (χ0) is 24.6. The topological polar surface area (TPSA) is 73.8 Å². The van der Waals surface area contributed by atoms with Crippen LogP contribution in [0.5, 0.6) is 0 Å². The van der Waals surface area contributed by atoms with Crippen LogP contribution in [0.15, 0.2) is 52.4 Å². The average molecular weight is 531 g/mol. The summed E-state index contributed by atoms with van der Waals surface area (Å²) in [6, 6.07) is 10.4. The highest BCUT2D eigenvalue weighted by Gasteiger charge is 2.43. The molecule has 35 heavy (non-hydrogen) atoms. The van der Waals surface area contributed by atoms with Crippen molar-refractivity contribution in [3.05, 3.63) is 64.7 Å². The molecule has 192 valence electrons. The van der Waals surface area contributed by atoms with Crippen molar-refractivity contribution in [2.45, 2.75) is 49.8 Å². The van der Waals surface area contributed by atoms with Crippen molar-refractivity contribution in [2.75, 3.05) is 26.2 Å². The Morgan fingerprint density at radius 3 is 2.34 bits per heavy atom. The molecule has 0 saturated carbocycles. The summed E-state index contributed by atoms with van der Waals surface area (Å²) in [6.07, 6.45) is -3.26. The molecular formula is C24H30ClF3N4O2S. The molecule has 0 atom stereocenters. The third-order valence-electron chi connectivity index (χ3n) is 6.56. The Hall–Kier alpha value is -2.14. The number of aliphatic imine (C=N–C) groups is 1. The highest BCUT2D eigenvalue weighted by atomic mass is 35.5. The summed E-state index contributed by atoms with van der Waals surface area (Å²) in [5.41, 5.74) is 1.31. The largest absolute Gasteiger partial charge is 0.416 e. The molecule has 0 bridgehead atoms. The molecule has 1 fully saturated rings. The first-order chi connectivity index (χ1) is 16.0. The predicted octanol–water partition coefficient (Wildman–Crippen LogP) is 4.06. The van der Waals surface area contributed by atoms with E-state index in [9.17, 15) is 21.6 Å². The van der Waals surface area contributed by atoms with Crippen LogP contribution in [0.3, 0.4) is 0 Å². The molecular weight excluding hydrogens is 501 g/mol. The monoisotopic (exact) mass is 530 g/mol. The number of halogens is 4. The fourth-order valence-corrected chi connectivity index (χ4v) is 6.32. The predicted molar refractivity (Wildman–Crippen MR) is 132 cm³/mol. The molecule has 2 N–H and O–H groups in total. The quantitative estimate of drug-likeness (QED) is 0.625. The van der Waals surface area contributed by atoms with Gasteiger partial charge in [0.2, 0.25) is 10.0 Å². The van der Waals surface area contributed by atoms with Crippen molar-refractivity contribution in [1.82, 2.24) is 14.9 Å². The smallest absolute Gasteiger partial charge is 0.368 e. The van der Waals surface area contributed by atoms with Crippen LogP contribution < -0.4 is 10.6 Å². The molecule has 2 aliphatic heterocycles. The van der Waals surface area contributed by atoms with E-state index in [4.69, 9.17) is 0 Å². The number of amidine groups is 1. The number of benzene rings is 2. The second-order valence-corrected chi connectivity index (χ2v) is 10.9. The van der Waals surface area contributed by atoms with Crippen LogP contribution in [-0.2, 0) is 22.7 Å². The van der Waals surface area contributed by atoms with Crippen molar-refractivity contribution in [1.29, 1.82) is 0 Å². The molecule has 1 saturated heterocycles. The van der Waals surface area contributed by atoms with Gasteiger partial charge in [0.1, 0.15) is 5.84 Å². The van der Waals surface area contributed by atoms with Crippen molar-refractivity contribution in [3.63, 3.8) is 0 Å². The van der Waals surface area contributed by atoms with Crippen LogP contribution in [-0.4, -0.2) is 50.3 Å². The van der Waals surface area contributed by atoms with Gasteiger partial charge in [-0.15, -0.1) is 12.4 Å². The molecule has 2 aromatic carbocycles. The average Bonchev–Trinajstić information content (AvgIpc) is 2.78. The molecule has 2 heterocycles. The molecule has 4 rings (SSSR count). The standard InChI is InChI=1S/C24H29F3N4O2S.ClH/c1-17-3-8-21(18(2)15-17)34(32,33)31-13-9-23(10-14-31)22(28-11-12-30-23)29-16-19-4-6-20(7-5-19)24(25,26)27;/h3-8,15,30H,9-14,16H2,1-2H3,(H,28,29);1H. The SMILES string of the molecule is Cc1ccc(S(=O)(=O)N2CCC3(CC2)NCCN=C3NCc2ccc(C(F)(F)F)cc2)c(C)c1.Cl. The van der Waals surface area contributed by atoms with Crippen molar-refractivity contribution < 1.29 is 21.6 Å². The lowest BCUT2D eigenvalue weighted by molar-refractivity contribution is -0.137. The van der Waals surface area contributed by atoms with Gasteiger partial charge < -0.3 is 10.6 Å². The Kier molecular flexibility index (Phi) is 8.20. The number of alkyl halides is 3. The van der Waals surface area contributed by atoms with E-state index in [-0.39, 0.29) is 12.4 Å². The van der Waals surface area contributed by atoms with Crippen molar-refractivity contribution in [3.8, 4) is 0 Å². The maximum atomic E-state index is 13.3. The van der Waals surface area contributed by atoms with E-state index < -0.39 is 27.3 Å². The third kappa shape index (κ3) is 5.82. The minimum absolute atomic E-state index is 0. The van der Waals surface area contributed by atoms with Gasteiger partial charge in [0, 0.05) is 26.2 Å². The molecule has 2 aliphatic rings. The van der Waals surface area contributed by atoms with E-state index >= 15 is 0 Å². The summed E-state index contributed by atoms with van der Waals surface area (Å²) in [4.78, 5) is 4.98. The Balaban J connectivity index is 0.00000342. The van der Waals surface area contributed by atoms with Crippen LogP contribution in [0.2, 0.25) is 0 Å². The number of rotatable bonds is 4. The van der Waals surface area contributed by atoms with Gasteiger partial charge in [0.05, 0.1) is 22.5 Å². The normalized spacial score (nSPS) is 18.6. The first-order valence-electron chi connectivity index (χ1n) is 11.3. The number of sulfonamides is 1. The summed E-state index contributed by atoms with van der Waals surface area (Å²) < 4.78 is 66.5. The van der Waals surface area contributed by atoms with Crippen LogP contribution in [0, 0.1) is 13.8 Å². The number of hydrogen-bond donors (Lipinski definition) is 2. The molecule has 0 aliphatic carbocycles. The van der Waals surface area contributed by atoms with Gasteiger partial charge in [0.25, 0.3) is 0 Å². The summed E-state index contributed by atoms with van der Waals surface area (Å²) in [5, 5.41) is 6.81. The Morgan fingerprint density at radius 1 is 1.09 bits per heavy atom. The van der Waals surface area contributed by atoms with Crippen molar-refractivity contribution >= 4 is 28.3 Å². The van der Waals surface area contributed by atoms with E-state index in [0.717, 1.165) is 29.1 Å². The van der Waals surface area contributed by atoms with E-state index in [0.29, 0.717) is 56.0 Å². The molecule has 0 unspecified atom stereocenters. The fraction of sp³-hybridized carbons (Fsp3) is 0.458. The highest BCUT2D eigenvalue weighted by Crippen LogP contribution is 2.31. The highest BCUT2D eigenvalue weighted by molar-refractivity contribution is 7.89. The first kappa shape index (κ1) is 27.4. The Morgan fingerprint density at radius 2 is 1.74 bits per heavy atom. The van der Waals surface area contributed by atoms with Crippen LogP contribution >= 0.6 is 12.4 Å². The van der Waals surface area contributed by atoms with Crippen molar-refractivity contribution in [2.24, 2.45) is 4.99 Å². The van der Waals surface area contributed by atoms with Gasteiger partial charge in [-0.1, -0.05) is 29.8 Å². The summed E-state index contributed by atoms with van der Waals surface area (Å²) >= 11 is 0. The zero-order valence-electron chi connectivity index (χ0n) is 19.7.